The summed E-state index contributed by atoms with van der Waals surface area (Å²) in [6, 6.07) is 14.7. The molecule has 1 heterocycles. The molecule has 2 N–H and O–H groups in total. The van der Waals surface area contributed by atoms with Gasteiger partial charge in [-0.25, -0.2) is 4.98 Å². The van der Waals surface area contributed by atoms with Crippen LogP contribution in [0.3, 0.4) is 0 Å². The van der Waals surface area contributed by atoms with Crippen molar-refractivity contribution in [1.29, 1.82) is 5.26 Å². The molecular weight excluding hydrogens is 254 g/mol. The molecule has 0 fully saturated rings. The number of aliphatic hydroxyl groups excluding tert-OH is 1. The number of benzene rings is 1. The quantitative estimate of drug-likeness (QED) is 0.836. The summed E-state index contributed by atoms with van der Waals surface area (Å²) in [4.78, 5) is 4.05. The van der Waals surface area contributed by atoms with Crippen molar-refractivity contribution in [3.05, 3.63) is 54.2 Å². The zero-order valence-electron chi connectivity index (χ0n) is 10.9. The van der Waals surface area contributed by atoms with Crippen LogP contribution in [0.25, 0.3) is 0 Å². The van der Waals surface area contributed by atoms with Crippen LogP contribution in [-0.4, -0.2) is 29.3 Å². The molecule has 1 aromatic carbocycles. The number of pyridine rings is 1. The van der Waals surface area contributed by atoms with Crippen molar-refractivity contribution in [2.45, 2.75) is 6.10 Å². The molecule has 0 saturated carbocycles. The second-order valence-electron chi connectivity index (χ2n) is 4.20. The summed E-state index contributed by atoms with van der Waals surface area (Å²) in [5.41, 5.74) is 0.503. The molecule has 0 bridgehead atoms. The van der Waals surface area contributed by atoms with Gasteiger partial charge < -0.3 is 15.2 Å². The van der Waals surface area contributed by atoms with Gasteiger partial charge >= 0.3 is 0 Å². The van der Waals surface area contributed by atoms with E-state index in [4.69, 9.17) is 10.00 Å². The lowest BCUT2D eigenvalue weighted by Gasteiger charge is -2.13. The number of aliphatic hydroxyl groups is 1. The maximum atomic E-state index is 9.80. The molecule has 5 heteroatoms. The van der Waals surface area contributed by atoms with Crippen LogP contribution in [0, 0.1) is 11.3 Å². The fourth-order valence-electron chi connectivity index (χ4n) is 1.56. The summed E-state index contributed by atoms with van der Waals surface area (Å²) in [7, 11) is 0. The minimum atomic E-state index is -0.646. The van der Waals surface area contributed by atoms with Crippen molar-refractivity contribution < 1.29 is 9.84 Å². The summed E-state index contributed by atoms with van der Waals surface area (Å²) in [5.74, 6) is 1.34. The predicted octanol–water partition coefficient (Wildman–Crippen LogP) is 1.81. The third-order valence-corrected chi connectivity index (χ3v) is 2.60. The molecule has 0 aliphatic carbocycles. The second-order valence-corrected chi connectivity index (χ2v) is 4.20. The van der Waals surface area contributed by atoms with Crippen LogP contribution >= 0.6 is 0 Å². The van der Waals surface area contributed by atoms with Gasteiger partial charge in [0.2, 0.25) is 0 Å². The number of nitrogens with zero attached hydrogens (tertiary/aromatic N) is 2. The number of para-hydroxylation sites is 1. The van der Waals surface area contributed by atoms with E-state index in [1.54, 1.807) is 12.1 Å². The smallest absolute Gasteiger partial charge is 0.126 e. The van der Waals surface area contributed by atoms with Gasteiger partial charge in [-0.2, -0.15) is 5.26 Å². The van der Waals surface area contributed by atoms with Gasteiger partial charge in [-0.05, 0) is 24.3 Å². The Balaban J connectivity index is 1.74. The largest absolute Gasteiger partial charge is 0.491 e. The van der Waals surface area contributed by atoms with E-state index in [1.807, 2.05) is 36.4 Å². The first kappa shape index (κ1) is 13.8. The fraction of sp³-hybridized carbons (Fsp3) is 0.200. The highest BCUT2D eigenvalue weighted by Crippen LogP contribution is 2.09. The van der Waals surface area contributed by atoms with Crippen LogP contribution in [0.2, 0.25) is 0 Å². The first-order valence-corrected chi connectivity index (χ1v) is 6.24. The number of hydrogen-bond acceptors (Lipinski definition) is 5. The summed E-state index contributed by atoms with van der Waals surface area (Å²) in [6.45, 7) is 0.527. The Morgan fingerprint density at radius 2 is 2.05 bits per heavy atom. The average molecular weight is 269 g/mol. The second kappa shape index (κ2) is 7.12. The highest BCUT2D eigenvalue weighted by atomic mass is 16.5. The van der Waals surface area contributed by atoms with E-state index in [1.165, 1.54) is 6.20 Å². The minimum Gasteiger partial charge on any atom is -0.491 e. The Morgan fingerprint density at radius 3 is 2.70 bits per heavy atom. The first-order valence-electron chi connectivity index (χ1n) is 6.24. The Morgan fingerprint density at radius 1 is 1.25 bits per heavy atom. The molecular formula is C15H15N3O2. The van der Waals surface area contributed by atoms with Crippen LogP contribution in [0.5, 0.6) is 5.75 Å². The van der Waals surface area contributed by atoms with Crippen LogP contribution in [0.15, 0.2) is 48.7 Å². The lowest BCUT2D eigenvalue weighted by atomic mass is 10.3. The monoisotopic (exact) mass is 269 g/mol. The summed E-state index contributed by atoms with van der Waals surface area (Å²) in [5, 5.41) is 21.4. The molecule has 2 aromatic rings. The number of rotatable bonds is 6. The third kappa shape index (κ3) is 4.26. The van der Waals surface area contributed by atoms with Crippen LogP contribution in [0.1, 0.15) is 5.56 Å². The van der Waals surface area contributed by atoms with Crippen LogP contribution in [0.4, 0.5) is 5.82 Å². The van der Waals surface area contributed by atoms with Gasteiger partial charge in [-0.3, -0.25) is 0 Å². The zero-order valence-corrected chi connectivity index (χ0v) is 10.9. The van der Waals surface area contributed by atoms with E-state index < -0.39 is 6.10 Å². The predicted molar refractivity (Wildman–Crippen MR) is 75.4 cm³/mol. The van der Waals surface area contributed by atoms with E-state index in [0.717, 1.165) is 5.75 Å². The Hall–Kier alpha value is -2.58. The molecule has 0 amide bonds. The summed E-state index contributed by atoms with van der Waals surface area (Å²) < 4.78 is 5.44. The number of anilines is 1. The zero-order chi connectivity index (χ0) is 14.2. The molecule has 0 spiro atoms. The third-order valence-electron chi connectivity index (χ3n) is 2.60. The molecule has 0 aliphatic heterocycles. The number of hydrogen-bond donors (Lipinski definition) is 2. The van der Waals surface area contributed by atoms with Crippen molar-refractivity contribution in [2.75, 3.05) is 18.5 Å². The van der Waals surface area contributed by atoms with E-state index in [0.29, 0.717) is 17.9 Å². The van der Waals surface area contributed by atoms with Gasteiger partial charge in [-0.15, -0.1) is 0 Å². The summed E-state index contributed by atoms with van der Waals surface area (Å²) >= 11 is 0. The average Bonchev–Trinajstić information content (AvgIpc) is 2.52. The Kier molecular flexibility index (Phi) is 4.93. The number of aromatic nitrogens is 1. The molecule has 2 rings (SSSR count). The molecule has 20 heavy (non-hydrogen) atoms. The topological polar surface area (TPSA) is 78.2 Å². The SMILES string of the molecule is N#Cc1ccc(NCC(O)COc2ccccc2)nc1. The molecule has 5 nitrogen and oxygen atoms in total. The van der Waals surface area contributed by atoms with Crippen molar-refractivity contribution in [1.82, 2.24) is 4.98 Å². The van der Waals surface area contributed by atoms with Gasteiger partial charge in [0.15, 0.2) is 0 Å². The Labute approximate surface area is 117 Å². The van der Waals surface area contributed by atoms with Gasteiger partial charge in [0.1, 0.15) is 30.3 Å². The van der Waals surface area contributed by atoms with E-state index >= 15 is 0 Å². The number of ether oxygens (including phenoxy) is 1. The standard InChI is InChI=1S/C15H15N3O2/c16-8-12-6-7-15(17-9-12)18-10-13(19)11-20-14-4-2-1-3-5-14/h1-7,9,13,19H,10-11H2,(H,17,18). The molecule has 0 saturated heterocycles. The van der Waals surface area contributed by atoms with Crippen molar-refractivity contribution in [2.24, 2.45) is 0 Å². The van der Waals surface area contributed by atoms with Crippen LogP contribution in [-0.2, 0) is 0 Å². The van der Waals surface area contributed by atoms with Crippen molar-refractivity contribution >= 4 is 5.82 Å². The van der Waals surface area contributed by atoms with E-state index in [9.17, 15) is 5.11 Å². The van der Waals surface area contributed by atoms with Gasteiger partial charge in [-0.1, -0.05) is 18.2 Å². The first-order chi connectivity index (χ1) is 9.78. The Bertz CT molecular complexity index is 564. The summed E-state index contributed by atoms with van der Waals surface area (Å²) in [6.07, 6.45) is 0.836. The van der Waals surface area contributed by atoms with E-state index in [2.05, 4.69) is 10.3 Å². The van der Waals surface area contributed by atoms with Gasteiger partial charge in [0.05, 0.1) is 5.56 Å². The maximum absolute atomic E-state index is 9.80. The van der Waals surface area contributed by atoms with Gasteiger partial charge in [0.25, 0.3) is 0 Å². The van der Waals surface area contributed by atoms with Gasteiger partial charge in [0, 0.05) is 12.7 Å². The normalized spacial score (nSPS) is 11.4. The molecule has 1 unspecified atom stereocenters. The molecule has 0 radical (unpaired) electrons. The molecule has 102 valence electrons. The maximum Gasteiger partial charge on any atom is 0.126 e. The lowest BCUT2D eigenvalue weighted by Crippen LogP contribution is -2.26. The van der Waals surface area contributed by atoms with Crippen LogP contribution < -0.4 is 10.1 Å². The highest BCUT2D eigenvalue weighted by molar-refractivity contribution is 5.38. The highest BCUT2D eigenvalue weighted by Gasteiger charge is 2.05. The molecule has 1 aromatic heterocycles. The fourth-order valence-corrected chi connectivity index (χ4v) is 1.56. The van der Waals surface area contributed by atoms with E-state index in [-0.39, 0.29) is 6.61 Å². The number of nitriles is 1. The van der Waals surface area contributed by atoms with Crippen molar-refractivity contribution in [3.63, 3.8) is 0 Å². The van der Waals surface area contributed by atoms with Crippen molar-refractivity contribution in [3.8, 4) is 11.8 Å². The lowest BCUT2D eigenvalue weighted by molar-refractivity contribution is 0.117. The minimum absolute atomic E-state index is 0.202. The number of nitrogens with one attached hydrogen (secondary N) is 1. The molecule has 1 atom stereocenters. The molecule has 0 aliphatic rings.